The van der Waals surface area contributed by atoms with Crippen LogP contribution in [-0.2, 0) is 22.6 Å². The maximum absolute atomic E-state index is 14.2. The number of amides is 2. The van der Waals surface area contributed by atoms with Crippen LogP contribution < -0.4 is 15.4 Å². The van der Waals surface area contributed by atoms with Crippen LogP contribution in [0.25, 0.3) is 11.1 Å². The number of carbonyl (C=O) groups is 2. The Hall–Kier alpha value is -3.80. The van der Waals surface area contributed by atoms with Gasteiger partial charge in [0.05, 0.1) is 26.4 Å². The predicted molar refractivity (Wildman–Crippen MR) is 206 cm³/mol. The largest absolute Gasteiger partial charge is 0.496 e. The van der Waals surface area contributed by atoms with Crippen LogP contribution in [-0.4, -0.2) is 96.7 Å². The summed E-state index contributed by atoms with van der Waals surface area (Å²) in [6.45, 7) is 9.10. The molecular weight excluding hydrogens is 668 g/mol. The molecule has 2 amide bonds. The van der Waals surface area contributed by atoms with E-state index in [4.69, 9.17) is 9.57 Å². The summed E-state index contributed by atoms with van der Waals surface area (Å²) in [6, 6.07) is 22.6. The van der Waals surface area contributed by atoms with Gasteiger partial charge in [0.25, 0.3) is 5.91 Å². The molecule has 0 aromatic heterocycles. The predicted octanol–water partition coefficient (Wildman–Crippen LogP) is 4.93. The van der Waals surface area contributed by atoms with E-state index in [2.05, 4.69) is 48.4 Å². The van der Waals surface area contributed by atoms with Gasteiger partial charge in [0.1, 0.15) is 17.9 Å². The standard InChI is InChI=1S/C43H58N4O6/c1-26-35-21-32(43(35,3)4)22-36(26)45-42(51)39-38(27(2)49)37(25-48)53-47(39)23-31-17-12-18-34(40(31)52-7)29-15-11-16-30(20-29)41(50)44-33(24-46(5)6)19-28-13-9-8-10-14-28/h8-18,20,26-27,32-33,35-39,48-49H,19,21-25H2,1-7H3,(H,44,50)(H,45,51)/t26-,27+,32?,33+,35?,36+,37+,38-,39+/m1/s1. The molecule has 3 aromatic rings. The van der Waals surface area contributed by atoms with Crippen molar-refractivity contribution in [1.29, 1.82) is 0 Å². The molecule has 3 aromatic carbocycles. The molecule has 1 aliphatic heterocycles. The Bertz CT molecular complexity index is 1730. The average molecular weight is 727 g/mol. The van der Waals surface area contributed by atoms with Crippen LogP contribution in [0.4, 0.5) is 0 Å². The summed E-state index contributed by atoms with van der Waals surface area (Å²) in [5.41, 5.74) is 4.35. The molecule has 53 heavy (non-hydrogen) atoms. The number of ether oxygens (including phenoxy) is 1. The zero-order valence-electron chi connectivity index (χ0n) is 32.3. The average Bonchev–Trinajstić information content (AvgIpc) is 3.51. The van der Waals surface area contributed by atoms with Crippen molar-refractivity contribution in [2.45, 2.75) is 83.8 Å². The van der Waals surface area contributed by atoms with E-state index in [-0.39, 0.29) is 42.5 Å². The lowest BCUT2D eigenvalue weighted by Gasteiger charge is -2.62. The lowest BCUT2D eigenvalue weighted by atomic mass is 9.45. The smallest absolute Gasteiger partial charge is 0.251 e. The molecule has 4 fully saturated rings. The summed E-state index contributed by atoms with van der Waals surface area (Å²) >= 11 is 0. The SMILES string of the molecule is COc1c(CN2O[C@@H](CO)[C@@H]([C@H](C)O)[C@H]2C(=O)N[C@H]2CC3CC([C@H]2C)C3(C)C)cccc1-c1cccc(C(=O)N[C@@H](Cc2ccccc2)CN(C)C)c1. The molecule has 286 valence electrons. The minimum Gasteiger partial charge on any atom is -0.496 e. The number of hydrogen-bond donors (Lipinski definition) is 4. The van der Waals surface area contributed by atoms with E-state index in [1.165, 1.54) is 6.42 Å². The zero-order valence-corrected chi connectivity index (χ0v) is 32.3. The number of hydroxylamine groups is 2. The van der Waals surface area contributed by atoms with Crippen LogP contribution in [0.15, 0.2) is 72.8 Å². The Balaban J connectivity index is 1.23. The maximum Gasteiger partial charge on any atom is 0.251 e. The molecule has 1 saturated heterocycles. The van der Waals surface area contributed by atoms with Crippen molar-refractivity contribution in [2.24, 2.45) is 29.1 Å². The molecule has 4 aliphatic rings. The fraction of sp³-hybridized carbons (Fsp3) is 0.535. The van der Waals surface area contributed by atoms with Crippen LogP contribution >= 0.6 is 0 Å². The fourth-order valence-electron chi connectivity index (χ4n) is 9.43. The number of aliphatic hydroxyl groups excluding tert-OH is 2. The van der Waals surface area contributed by atoms with Crippen molar-refractivity contribution in [3.63, 3.8) is 0 Å². The molecule has 0 radical (unpaired) electrons. The third kappa shape index (κ3) is 8.17. The number of nitrogens with zero attached hydrogens (tertiary/aromatic N) is 2. The maximum atomic E-state index is 14.2. The second-order valence-electron chi connectivity index (χ2n) is 16.4. The molecule has 3 aliphatic carbocycles. The highest BCUT2D eigenvalue weighted by atomic mass is 16.7. The first kappa shape index (κ1) is 38.9. The third-order valence-electron chi connectivity index (χ3n) is 12.4. The van der Waals surface area contributed by atoms with Gasteiger partial charge in [-0.05, 0) is 86.7 Å². The van der Waals surface area contributed by atoms with Crippen molar-refractivity contribution in [3.8, 4) is 16.9 Å². The Labute approximate surface area is 314 Å². The number of likely N-dealkylation sites (N-methyl/N-ethyl adjacent to an activating group) is 1. The van der Waals surface area contributed by atoms with Crippen molar-refractivity contribution in [2.75, 3.05) is 34.4 Å². The summed E-state index contributed by atoms with van der Waals surface area (Å²) in [4.78, 5) is 36.2. The van der Waals surface area contributed by atoms with Crippen LogP contribution in [0.5, 0.6) is 5.75 Å². The van der Waals surface area contributed by atoms with Crippen LogP contribution in [0.1, 0.15) is 62.0 Å². The van der Waals surface area contributed by atoms with Gasteiger partial charge in [0, 0.05) is 41.2 Å². The van der Waals surface area contributed by atoms with Gasteiger partial charge in [0.15, 0.2) is 0 Å². The normalized spacial score (nSPS) is 27.5. The number of benzene rings is 3. The quantitative estimate of drug-likeness (QED) is 0.185. The minimum atomic E-state index is -0.892. The number of rotatable bonds is 14. The van der Waals surface area contributed by atoms with E-state index >= 15 is 0 Å². The van der Waals surface area contributed by atoms with Gasteiger partial charge < -0.3 is 30.5 Å². The summed E-state index contributed by atoms with van der Waals surface area (Å²) in [6.07, 6.45) is 1.21. The monoisotopic (exact) mass is 726 g/mol. The first-order chi connectivity index (χ1) is 25.3. The molecule has 3 saturated carbocycles. The van der Waals surface area contributed by atoms with Crippen LogP contribution in [0, 0.1) is 29.1 Å². The summed E-state index contributed by atoms with van der Waals surface area (Å²) < 4.78 is 6.02. The van der Waals surface area contributed by atoms with Gasteiger partial charge in [-0.25, -0.2) is 0 Å². The number of methoxy groups -OCH3 is 1. The van der Waals surface area contributed by atoms with E-state index in [0.29, 0.717) is 42.0 Å². The zero-order chi connectivity index (χ0) is 38.0. The molecule has 10 nitrogen and oxygen atoms in total. The highest BCUT2D eigenvalue weighted by Gasteiger charge is 2.57. The number of fused-ring (bicyclic) bond motifs is 2. The molecule has 2 unspecified atom stereocenters. The fourth-order valence-corrected chi connectivity index (χ4v) is 9.43. The van der Waals surface area contributed by atoms with E-state index in [0.717, 1.165) is 28.7 Å². The third-order valence-corrected chi connectivity index (χ3v) is 12.4. The van der Waals surface area contributed by atoms with Crippen LogP contribution in [0.3, 0.4) is 0 Å². The number of para-hydroxylation sites is 1. The Morgan fingerprint density at radius 2 is 1.79 bits per heavy atom. The number of aliphatic hydroxyl groups is 2. The molecule has 2 bridgehead atoms. The van der Waals surface area contributed by atoms with Gasteiger partial charge in [-0.1, -0.05) is 81.4 Å². The molecular formula is C43H58N4O6. The first-order valence-corrected chi connectivity index (χ1v) is 19.1. The number of nitrogens with one attached hydrogen (secondary N) is 2. The highest BCUT2D eigenvalue weighted by molar-refractivity contribution is 5.96. The topological polar surface area (TPSA) is 124 Å². The van der Waals surface area contributed by atoms with Gasteiger partial charge in [-0.3, -0.25) is 14.4 Å². The van der Waals surface area contributed by atoms with Gasteiger partial charge in [-0.15, -0.1) is 0 Å². The highest BCUT2D eigenvalue weighted by Crippen LogP contribution is 2.61. The minimum absolute atomic E-state index is 0.0443. The molecule has 4 N–H and O–H groups in total. The van der Waals surface area contributed by atoms with Crippen molar-refractivity contribution < 1.29 is 29.4 Å². The summed E-state index contributed by atoms with van der Waals surface area (Å²) in [5, 5.41) is 29.4. The Morgan fingerprint density at radius 1 is 1.06 bits per heavy atom. The van der Waals surface area contributed by atoms with Gasteiger partial charge in [-0.2, -0.15) is 5.06 Å². The van der Waals surface area contributed by atoms with E-state index in [1.54, 1.807) is 19.1 Å². The summed E-state index contributed by atoms with van der Waals surface area (Å²) in [5.74, 6) is 1.08. The first-order valence-electron chi connectivity index (χ1n) is 19.1. The Morgan fingerprint density at radius 3 is 2.43 bits per heavy atom. The second kappa shape index (κ2) is 16.3. The Kier molecular flexibility index (Phi) is 12.0. The lowest BCUT2D eigenvalue weighted by molar-refractivity contribution is -0.183. The van der Waals surface area contributed by atoms with Gasteiger partial charge >= 0.3 is 0 Å². The second-order valence-corrected chi connectivity index (χ2v) is 16.4. The molecule has 1 heterocycles. The van der Waals surface area contributed by atoms with E-state index < -0.39 is 24.2 Å². The van der Waals surface area contributed by atoms with Crippen LogP contribution in [0.2, 0.25) is 0 Å². The number of carbonyl (C=O) groups excluding carboxylic acids is 2. The molecule has 9 atom stereocenters. The van der Waals surface area contributed by atoms with Crippen molar-refractivity contribution >= 4 is 11.8 Å². The van der Waals surface area contributed by atoms with Crippen molar-refractivity contribution in [3.05, 3.63) is 89.5 Å². The number of hydrogen-bond acceptors (Lipinski definition) is 8. The van der Waals surface area contributed by atoms with Crippen molar-refractivity contribution in [1.82, 2.24) is 20.6 Å². The van der Waals surface area contributed by atoms with E-state index in [9.17, 15) is 19.8 Å². The van der Waals surface area contributed by atoms with Gasteiger partial charge in [0.2, 0.25) is 5.91 Å². The molecule has 7 rings (SSSR count). The van der Waals surface area contributed by atoms with E-state index in [1.807, 2.05) is 74.8 Å². The lowest BCUT2D eigenvalue weighted by Crippen LogP contribution is -2.62. The molecule has 10 heteroatoms. The molecule has 0 spiro atoms. The summed E-state index contributed by atoms with van der Waals surface area (Å²) in [7, 11) is 5.61.